The minimum Gasteiger partial charge on any atom is -0.269 e. The van der Waals surface area contributed by atoms with Gasteiger partial charge in [0.05, 0.1) is 11.5 Å². The summed E-state index contributed by atoms with van der Waals surface area (Å²) in [5.74, 6) is 0. The summed E-state index contributed by atoms with van der Waals surface area (Å²) in [5.41, 5.74) is 1.47. The maximum Gasteiger partial charge on any atom is 0.294 e. The van der Waals surface area contributed by atoms with Crippen LogP contribution < -0.4 is 5.06 Å². The third-order valence-corrected chi connectivity index (χ3v) is 2.69. The number of nitro groups is 1. The van der Waals surface area contributed by atoms with Crippen molar-refractivity contribution < 1.29 is 9.76 Å². The van der Waals surface area contributed by atoms with E-state index in [9.17, 15) is 10.1 Å². The van der Waals surface area contributed by atoms with Crippen LogP contribution in [0.25, 0.3) is 0 Å². The second kappa shape index (κ2) is 5.97. The second-order valence-electron chi connectivity index (χ2n) is 4.00. The lowest BCUT2D eigenvalue weighted by atomic mass is 10.2. The van der Waals surface area contributed by atoms with Crippen LogP contribution in [0.5, 0.6) is 0 Å². The van der Waals surface area contributed by atoms with E-state index in [1.807, 2.05) is 30.3 Å². The molecule has 0 saturated carbocycles. The van der Waals surface area contributed by atoms with Crippen molar-refractivity contribution in [1.82, 2.24) is 0 Å². The lowest BCUT2D eigenvalue weighted by molar-refractivity contribution is -0.384. The Morgan fingerprint density at radius 2 is 1.74 bits per heavy atom. The molecule has 0 fully saturated rings. The Balaban J connectivity index is 2.08. The number of anilines is 1. The van der Waals surface area contributed by atoms with Crippen LogP contribution in [0.3, 0.4) is 0 Å². The number of para-hydroxylation sites is 2. The van der Waals surface area contributed by atoms with Crippen LogP contribution in [0.15, 0.2) is 54.6 Å². The first kappa shape index (κ1) is 13.0. The molecule has 0 spiro atoms. The molecule has 0 N–H and O–H groups in total. The maximum atomic E-state index is 10.9. The molecule has 0 atom stereocenters. The molecular formula is C14H14N2O3. The number of hydrogen-bond donors (Lipinski definition) is 0. The molecule has 5 nitrogen and oxygen atoms in total. The fraction of sp³-hybridized carbons (Fsp3) is 0.143. The van der Waals surface area contributed by atoms with Crippen LogP contribution in [-0.4, -0.2) is 12.0 Å². The first-order valence-corrected chi connectivity index (χ1v) is 5.82. The predicted molar refractivity (Wildman–Crippen MR) is 72.7 cm³/mol. The molecule has 19 heavy (non-hydrogen) atoms. The highest BCUT2D eigenvalue weighted by molar-refractivity contribution is 5.61. The minimum atomic E-state index is -0.419. The van der Waals surface area contributed by atoms with Crippen molar-refractivity contribution in [1.29, 1.82) is 0 Å². The van der Waals surface area contributed by atoms with Crippen LogP contribution in [0.1, 0.15) is 5.56 Å². The van der Waals surface area contributed by atoms with Gasteiger partial charge in [-0.05, 0) is 11.6 Å². The van der Waals surface area contributed by atoms with E-state index in [2.05, 4.69) is 0 Å². The number of nitrogens with zero attached hydrogens (tertiary/aromatic N) is 2. The van der Waals surface area contributed by atoms with E-state index in [1.165, 1.54) is 11.1 Å². The first-order valence-electron chi connectivity index (χ1n) is 5.82. The molecule has 0 radical (unpaired) electrons. The maximum absolute atomic E-state index is 10.9. The zero-order chi connectivity index (χ0) is 13.7. The Morgan fingerprint density at radius 1 is 1.11 bits per heavy atom. The highest BCUT2D eigenvalue weighted by atomic mass is 16.7. The van der Waals surface area contributed by atoms with Crippen LogP contribution in [0, 0.1) is 10.1 Å². The highest BCUT2D eigenvalue weighted by Gasteiger charge is 2.16. The molecule has 0 amide bonds. The lowest BCUT2D eigenvalue weighted by Gasteiger charge is -2.18. The molecule has 0 unspecified atom stereocenters. The molecule has 0 saturated heterocycles. The number of nitro benzene ring substituents is 1. The second-order valence-corrected chi connectivity index (χ2v) is 4.00. The van der Waals surface area contributed by atoms with Crippen molar-refractivity contribution in [3.63, 3.8) is 0 Å². The topological polar surface area (TPSA) is 55.6 Å². The summed E-state index contributed by atoms with van der Waals surface area (Å²) in [6.45, 7) is 0.364. The van der Waals surface area contributed by atoms with Crippen molar-refractivity contribution in [2.45, 2.75) is 6.61 Å². The normalized spacial score (nSPS) is 10.2. The Morgan fingerprint density at radius 3 is 2.42 bits per heavy atom. The molecule has 98 valence electrons. The van der Waals surface area contributed by atoms with Gasteiger partial charge >= 0.3 is 0 Å². The quantitative estimate of drug-likeness (QED) is 0.610. The van der Waals surface area contributed by atoms with Crippen molar-refractivity contribution >= 4 is 11.4 Å². The molecule has 2 rings (SSSR count). The Kier molecular flexibility index (Phi) is 4.10. The van der Waals surface area contributed by atoms with Crippen LogP contribution >= 0.6 is 0 Å². The van der Waals surface area contributed by atoms with Gasteiger partial charge in [0.15, 0.2) is 0 Å². The zero-order valence-electron chi connectivity index (χ0n) is 10.5. The van der Waals surface area contributed by atoms with Gasteiger partial charge < -0.3 is 0 Å². The average molecular weight is 258 g/mol. The van der Waals surface area contributed by atoms with Crippen LogP contribution in [0.2, 0.25) is 0 Å². The number of benzene rings is 2. The standard InChI is InChI=1S/C14H14N2O3/c1-15(19-11-12-7-3-2-4-8-12)13-9-5-6-10-14(13)16(17)18/h2-10H,11H2,1H3. The lowest BCUT2D eigenvalue weighted by Crippen LogP contribution is -2.18. The van der Waals surface area contributed by atoms with Gasteiger partial charge in [-0.15, -0.1) is 0 Å². The summed E-state index contributed by atoms with van der Waals surface area (Å²) in [7, 11) is 1.66. The SMILES string of the molecule is CN(OCc1ccccc1)c1ccccc1[N+](=O)[O-]. The molecule has 0 aliphatic heterocycles. The molecule has 0 aromatic heterocycles. The van der Waals surface area contributed by atoms with E-state index in [0.717, 1.165) is 5.56 Å². The van der Waals surface area contributed by atoms with Crippen LogP contribution in [0.4, 0.5) is 11.4 Å². The summed E-state index contributed by atoms with van der Waals surface area (Å²) >= 11 is 0. The van der Waals surface area contributed by atoms with Gasteiger partial charge in [-0.1, -0.05) is 42.5 Å². The number of hydroxylamine groups is 1. The van der Waals surface area contributed by atoms with Gasteiger partial charge in [-0.25, -0.2) is 5.06 Å². The largest absolute Gasteiger partial charge is 0.294 e. The molecule has 5 heteroatoms. The van der Waals surface area contributed by atoms with Gasteiger partial charge in [0.1, 0.15) is 5.69 Å². The summed E-state index contributed by atoms with van der Waals surface area (Å²) < 4.78 is 0. The zero-order valence-corrected chi connectivity index (χ0v) is 10.5. The van der Waals surface area contributed by atoms with E-state index in [0.29, 0.717) is 12.3 Å². The van der Waals surface area contributed by atoms with E-state index in [4.69, 9.17) is 4.84 Å². The summed E-state index contributed by atoms with van der Waals surface area (Å²) in [6.07, 6.45) is 0. The fourth-order valence-corrected chi connectivity index (χ4v) is 1.70. The van der Waals surface area contributed by atoms with Gasteiger partial charge in [-0.3, -0.25) is 15.0 Å². The van der Waals surface area contributed by atoms with Crippen molar-refractivity contribution in [3.05, 3.63) is 70.3 Å². The molecule has 0 aliphatic rings. The molecule has 2 aromatic carbocycles. The molecule has 2 aromatic rings. The molecule has 0 aliphatic carbocycles. The van der Waals surface area contributed by atoms with Crippen molar-refractivity contribution in [2.24, 2.45) is 0 Å². The highest BCUT2D eigenvalue weighted by Crippen LogP contribution is 2.26. The smallest absolute Gasteiger partial charge is 0.269 e. The molecule has 0 bridgehead atoms. The minimum absolute atomic E-state index is 0.0260. The van der Waals surface area contributed by atoms with Gasteiger partial charge in [0.25, 0.3) is 5.69 Å². The van der Waals surface area contributed by atoms with E-state index in [-0.39, 0.29) is 5.69 Å². The first-order chi connectivity index (χ1) is 9.18. The van der Waals surface area contributed by atoms with Gasteiger partial charge in [-0.2, -0.15) is 0 Å². The van der Waals surface area contributed by atoms with Gasteiger partial charge in [0.2, 0.25) is 0 Å². The third kappa shape index (κ3) is 3.29. The molecular weight excluding hydrogens is 244 g/mol. The van der Waals surface area contributed by atoms with E-state index < -0.39 is 4.92 Å². The van der Waals surface area contributed by atoms with Gasteiger partial charge in [0, 0.05) is 13.1 Å². The van der Waals surface area contributed by atoms with E-state index in [1.54, 1.807) is 25.2 Å². The summed E-state index contributed by atoms with van der Waals surface area (Å²) in [4.78, 5) is 16.0. The third-order valence-electron chi connectivity index (χ3n) is 2.69. The van der Waals surface area contributed by atoms with Crippen LogP contribution in [-0.2, 0) is 11.4 Å². The number of rotatable bonds is 5. The Labute approximate surface area is 111 Å². The summed E-state index contributed by atoms with van der Waals surface area (Å²) in [6, 6.07) is 16.1. The Bertz CT molecular complexity index is 558. The monoisotopic (exact) mass is 258 g/mol. The van der Waals surface area contributed by atoms with E-state index >= 15 is 0 Å². The predicted octanol–water partition coefficient (Wildman–Crippen LogP) is 3.16. The summed E-state index contributed by atoms with van der Waals surface area (Å²) in [5, 5.41) is 12.3. The average Bonchev–Trinajstić information content (AvgIpc) is 2.46. The van der Waals surface area contributed by atoms with Crippen molar-refractivity contribution in [2.75, 3.05) is 12.1 Å². The Hall–Kier alpha value is -2.40. The fourth-order valence-electron chi connectivity index (χ4n) is 1.70. The molecule has 0 heterocycles. The van der Waals surface area contributed by atoms with Crippen molar-refractivity contribution in [3.8, 4) is 0 Å². The number of hydrogen-bond acceptors (Lipinski definition) is 4.